The molecule has 23 heavy (non-hydrogen) atoms. The third kappa shape index (κ3) is 4.97. The largest absolute Gasteiger partial charge is 0.337 e. The third-order valence-electron chi connectivity index (χ3n) is 4.15. The molecule has 2 aromatic carbocycles. The van der Waals surface area contributed by atoms with Crippen LogP contribution in [-0.4, -0.2) is 9.55 Å². The monoisotopic (exact) mass is 324 g/mol. The van der Waals surface area contributed by atoms with Gasteiger partial charge in [-0.05, 0) is 48.4 Å². The van der Waals surface area contributed by atoms with Gasteiger partial charge in [0.2, 0.25) is 0 Å². The molecule has 1 heterocycles. The van der Waals surface area contributed by atoms with Gasteiger partial charge in [0.1, 0.15) is 0 Å². The van der Waals surface area contributed by atoms with Gasteiger partial charge < -0.3 is 4.57 Å². The zero-order valence-corrected chi connectivity index (χ0v) is 13.9. The lowest BCUT2D eigenvalue weighted by Crippen LogP contribution is -2.13. The van der Waals surface area contributed by atoms with Crippen molar-refractivity contribution in [2.45, 2.75) is 25.8 Å². The standard InChI is InChI=1S/C20H21ClN2/c21-20-10-8-17(9-11-20)6-7-19(15-23-13-12-22-16-23)14-18-4-2-1-3-5-18/h1-5,8-13,16,19H,6-7,14-15H2. The Morgan fingerprint density at radius 1 is 0.957 bits per heavy atom. The van der Waals surface area contributed by atoms with Crippen LogP contribution in [0, 0.1) is 5.92 Å². The Bertz CT molecular complexity index is 690. The number of benzene rings is 2. The van der Waals surface area contributed by atoms with E-state index in [1.165, 1.54) is 11.1 Å². The second kappa shape index (κ2) is 7.98. The van der Waals surface area contributed by atoms with Crippen LogP contribution in [-0.2, 0) is 19.4 Å². The summed E-state index contributed by atoms with van der Waals surface area (Å²) in [6, 6.07) is 18.9. The van der Waals surface area contributed by atoms with Crippen molar-refractivity contribution in [2.75, 3.05) is 0 Å². The third-order valence-corrected chi connectivity index (χ3v) is 4.40. The average molecular weight is 325 g/mol. The highest BCUT2D eigenvalue weighted by Gasteiger charge is 2.11. The highest BCUT2D eigenvalue weighted by Crippen LogP contribution is 2.19. The Hall–Kier alpha value is -2.06. The van der Waals surface area contributed by atoms with Crippen LogP contribution < -0.4 is 0 Å². The molecule has 3 aromatic rings. The van der Waals surface area contributed by atoms with E-state index >= 15 is 0 Å². The maximum atomic E-state index is 5.97. The van der Waals surface area contributed by atoms with Gasteiger partial charge in [0.15, 0.2) is 0 Å². The number of hydrogen-bond donors (Lipinski definition) is 0. The van der Waals surface area contributed by atoms with Gasteiger partial charge in [-0.2, -0.15) is 0 Å². The summed E-state index contributed by atoms with van der Waals surface area (Å²) in [6.07, 6.45) is 9.10. The summed E-state index contributed by atoms with van der Waals surface area (Å²) in [5.41, 5.74) is 2.74. The van der Waals surface area contributed by atoms with Crippen LogP contribution in [0.4, 0.5) is 0 Å². The molecule has 1 unspecified atom stereocenters. The number of aromatic nitrogens is 2. The normalized spacial score (nSPS) is 12.2. The molecule has 0 amide bonds. The lowest BCUT2D eigenvalue weighted by molar-refractivity contribution is 0.412. The van der Waals surface area contributed by atoms with Crippen molar-refractivity contribution in [3.8, 4) is 0 Å². The van der Waals surface area contributed by atoms with Gasteiger partial charge in [-0.25, -0.2) is 4.98 Å². The second-order valence-electron chi connectivity index (χ2n) is 5.98. The van der Waals surface area contributed by atoms with Crippen molar-refractivity contribution in [2.24, 2.45) is 5.92 Å². The summed E-state index contributed by atoms with van der Waals surface area (Å²) >= 11 is 5.97. The quantitative estimate of drug-likeness (QED) is 0.596. The van der Waals surface area contributed by atoms with E-state index in [1.807, 2.05) is 30.9 Å². The minimum Gasteiger partial charge on any atom is -0.337 e. The van der Waals surface area contributed by atoms with Crippen molar-refractivity contribution < 1.29 is 0 Å². The van der Waals surface area contributed by atoms with Crippen LogP contribution in [0.2, 0.25) is 5.02 Å². The Balaban J connectivity index is 1.65. The zero-order valence-electron chi connectivity index (χ0n) is 13.1. The van der Waals surface area contributed by atoms with E-state index in [-0.39, 0.29) is 0 Å². The smallest absolute Gasteiger partial charge is 0.0945 e. The molecule has 0 aliphatic rings. The minimum atomic E-state index is 0.585. The van der Waals surface area contributed by atoms with Gasteiger partial charge in [-0.3, -0.25) is 0 Å². The van der Waals surface area contributed by atoms with E-state index in [0.717, 1.165) is 30.8 Å². The van der Waals surface area contributed by atoms with E-state index in [9.17, 15) is 0 Å². The maximum absolute atomic E-state index is 5.97. The zero-order chi connectivity index (χ0) is 15.9. The van der Waals surface area contributed by atoms with Gasteiger partial charge in [0.25, 0.3) is 0 Å². The summed E-state index contributed by atoms with van der Waals surface area (Å²) in [4.78, 5) is 4.16. The van der Waals surface area contributed by atoms with E-state index in [0.29, 0.717) is 5.92 Å². The van der Waals surface area contributed by atoms with Crippen LogP contribution in [0.3, 0.4) is 0 Å². The van der Waals surface area contributed by atoms with Crippen LogP contribution in [0.15, 0.2) is 73.3 Å². The molecule has 3 heteroatoms. The van der Waals surface area contributed by atoms with Crippen molar-refractivity contribution >= 4 is 11.6 Å². The topological polar surface area (TPSA) is 17.8 Å². The molecule has 1 atom stereocenters. The molecule has 0 fully saturated rings. The van der Waals surface area contributed by atoms with Crippen LogP contribution in [0.1, 0.15) is 17.5 Å². The number of hydrogen-bond acceptors (Lipinski definition) is 1. The molecule has 118 valence electrons. The van der Waals surface area contributed by atoms with Crippen LogP contribution in [0.5, 0.6) is 0 Å². The summed E-state index contributed by atoms with van der Waals surface area (Å²) < 4.78 is 2.18. The van der Waals surface area contributed by atoms with Crippen molar-refractivity contribution in [3.63, 3.8) is 0 Å². The molecular weight excluding hydrogens is 304 g/mol. The van der Waals surface area contributed by atoms with Crippen molar-refractivity contribution in [3.05, 3.63) is 89.5 Å². The first kappa shape index (κ1) is 15.8. The Morgan fingerprint density at radius 2 is 1.74 bits per heavy atom. The number of halogens is 1. The molecule has 0 aliphatic carbocycles. The molecule has 0 spiro atoms. The molecule has 2 nitrogen and oxygen atoms in total. The predicted octanol–water partition coefficient (Wildman–Crippen LogP) is 5.03. The Labute approximate surface area is 142 Å². The number of rotatable bonds is 7. The molecule has 0 radical (unpaired) electrons. The molecule has 0 N–H and O–H groups in total. The minimum absolute atomic E-state index is 0.585. The predicted molar refractivity (Wildman–Crippen MR) is 95.6 cm³/mol. The molecule has 0 saturated heterocycles. The van der Waals surface area contributed by atoms with Gasteiger partial charge in [-0.15, -0.1) is 0 Å². The van der Waals surface area contributed by atoms with Gasteiger partial charge in [0, 0.05) is 24.0 Å². The first-order valence-corrected chi connectivity index (χ1v) is 8.41. The molecule has 3 rings (SSSR count). The summed E-state index contributed by atoms with van der Waals surface area (Å²) in [7, 11) is 0. The molecular formula is C20H21ClN2. The van der Waals surface area contributed by atoms with Crippen LogP contribution >= 0.6 is 11.6 Å². The average Bonchev–Trinajstić information content (AvgIpc) is 3.08. The number of nitrogens with zero attached hydrogens (tertiary/aromatic N) is 2. The lowest BCUT2D eigenvalue weighted by atomic mass is 9.92. The van der Waals surface area contributed by atoms with Crippen LogP contribution in [0.25, 0.3) is 0 Å². The van der Waals surface area contributed by atoms with E-state index in [2.05, 4.69) is 52.0 Å². The summed E-state index contributed by atoms with van der Waals surface area (Å²) in [6.45, 7) is 1.00. The van der Waals surface area contributed by atoms with Crippen molar-refractivity contribution in [1.29, 1.82) is 0 Å². The van der Waals surface area contributed by atoms with E-state index < -0.39 is 0 Å². The summed E-state index contributed by atoms with van der Waals surface area (Å²) in [5.74, 6) is 0.585. The van der Waals surface area contributed by atoms with Crippen molar-refractivity contribution in [1.82, 2.24) is 9.55 Å². The fourth-order valence-electron chi connectivity index (χ4n) is 2.92. The van der Waals surface area contributed by atoms with Gasteiger partial charge in [0.05, 0.1) is 6.33 Å². The van der Waals surface area contributed by atoms with E-state index in [1.54, 1.807) is 0 Å². The van der Waals surface area contributed by atoms with E-state index in [4.69, 9.17) is 11.6 Å². The highest BCUT2D eigenvalue weighted by molar-refractivity contribution is 6.30. The molecule has 0 saturated carbocycles. The maximum Gasteiger partial charge on any atom is 0.0945 e. The first-order valence-electron chi connectivity index (χ1n) is 8.04. The fraction of sp³-hybridized carbons (Fsp3) is 0.250. The van der Waals surface area contributed by atoms with Gasteiger partial charge >= 0.3 is 0 Å². The molecule has 0 bridgehead atoms. The second-order valence-corrected chi connectivity index (χ2v) is 6.42. The number of imidazole rings is 1. The molecule has 0 aliphatic heterocycles. The molecule has 1 aromatic heterocycles. The lowest BCUT2D eigenvalue weighted by Gasteiger charge is -2.18. The SMILES string of the molecule is Clc1ccc(CCC(Cc2ccccc2)Cn2ccnc2)cc1. The Kier molecular flexibility index (Phi) is 5.49. The number of aryl methyl sites for hydroxylation is 1. The van der Waals surface area contributed by atoms with Gasteiger partial charge in [-0.1, -0.05) is 54.1 Å². The fourth-order valence-corrected chi connectivity index (χ4v) is 3.05. The first-order chi connectivity index (χ1) is 11.3. The summed E-state index contributed by atoms with van der Waals surface area (Å²) in [5, 5.41) is 0.799. The highest BCUT2D eigenvalue weighted by atomic mass is 35.5. The Morgan fingerprint density at radius 3 is 2.43 bits per heavy atom.